The summed E-state index contributed by atoms with van der Waals surface area (Å²) in [6.45, 7) is 3.72. The summed E-state index contributed by atoms with van der Waals surface area (Å²) in [7, 11) is 0. The van der Waals surface area contributed by atoms with Gasteiger partial charge in [-0.3, -0.25) is 0 Å². The number of thioether (sulfide) groups is 1. The molecule has 0 radical (unpaired) electrons. The SMILES string of the molecule is CCCn1cnc2c1N=C(SCc1ccc(Cl)c(Cl)c1)N(c1ccc(Cl)cc1)C2. The first-order valence-electron chi connectivity index (χ1n) is 9.27. The Kier molecular flexibility index (Phi) is 6.40. The van der Waals surface area contributed by atoms with Gasteiger partial charge in [0.25, 0.3) is 0 Å². The van der Waals surface area contributed by atoms with Crippen molar-refractivity contribution < 1.29 is 0 Å². The molecule has 0 bridgehead atoms. The van der Waals surface area contributed by atoms with Crippen LogP contribution in [0.2, 0.25) is 15.1 Å². The van der Waals surface area contributed by atoms with E-state index in [9.17, 15) is 0 Å². The summed E-state index contributed by atoms with van der Waals surface area (Å²) in [5, 5.41) is 2.75. The molecular formula is C21H19Cl3N4S. The maximum atomic E-state index is 6.18. The minimum Gasteiger partial charge on any atom is -0.315 e. The molecule has 2 heterocycles. The zero-order valence-corrected chi connectivity index (χ0v) is 18.9. The predicted molar refractivity (Wildman–Crippen MR) is 125 cm³/mol. The van der Waals surface area contributed by atoms with Crippen LogP contribution in [0.3, 0.4) is 0 Å². The first-order chi connectivity index (χ1) is 14.0. The summed E-state index contributed by atoms with van der Waals surface area (Å²) < 4.78 is 2.12. The molecule has 0 unspecified atom stereocenters. The molecule has 4 rings (SSSR count). The lowest BCUT2D eigenvalue weighted by Gasteiger charge is -2.28. The van der Waals surface area contributed by atoms with Crippen LogP contribution < -0.4 is 4.90 Å². The Labute approximate surface area is 189 Å². The third-order valence-electron chi connectivity index (χ3n) is 4.58. The van der Waals surface area contributed by atoms with Crippen molar-refractivity contribution in [1.29, 1.82) is 0 Å². The molecule has 1 aliphatic rings. The van der Waals surface area contributed by atoms with Gasteiger partial charge >= 0.3 is 0 Å². The number of aromatic nitrogens is 2. The molecule has 0 aliphatic carbocycles. The molecule has 1 aromatic heterocycles. The average molecular weight is 466 g/mol. The molecule has 0 N–H and O–H groups in total. The number of nitrogens with zero attached hydrogens (tertiary/aromatic N) is 4. The van der Waals surface area contributed by atoms with E-state index in [1.165, 1.54) is 0 Å². The maximum Gasteiger partial charge on any atom is 0.171 e. The number of anilines is 1. The van der Waals surface area contributed by atoms with E-state index in [-0.39, 0.29) is 0 Å². The number of imidazole rings is 1. The van der Waals surface area contributed by atoms with E-state index in [0.29, 0.717) is 21.6 Å². The molecule has 0 saturated heterocycles. The van der Waals surface area contributed by atoms with Crippen LogP contribution in [0.25, 0.3) is 0 Å². The molecule has 1 aliphatic heterocycles. The van der Waals surface area contributed by atoms with Crippen LogP contribution in [0, 0.1) is 0 Å². The summed E-state index contributed by atoms with van der Waals surface area (Å²) in [5.74, 6) is 1.67. The third-order valence-corrected chi connectivity index (χ3v) is 6.62. The Bertz CT molecular complexity index is 1050. The zero-order chi connectivity index (χ0) is 20.4. The van der Waals surface area contributed by atoms with Crippen LogP contribution in [0.4, 0.5) is 11.5 Å². The molecule has 29 heavy (non-hydrogen) atoms. The molecule has 150 valence electrons. The van der Waals surface area contributed by atoms with Crippen molar-refractivity contribution in [3.8, 4) is 0 Å². The van der Waals surface area contributed by atoms with Crippen LogP contribution in [0.5, 0.6) is 0 Å². The summed E-state index contributed by atoms with van der Waals surface area (Å²) >= 11 is 20.0. The van der Waals surface area contributed by atoms with Gasteiger partial charge in [-0.15, -0.1) is 0 Å². The van der Waals surface area contributed by atoms with Crippen molar-refractivity contribution in [2.45, 2.75) is 32.2 Å². The molecule has 8 heteroatoms. The highest BCUT2D eigenvalue weighted by atomic mass is 35.5. The number of aliphatic imine (C=N–C) groups is 1. The topological polar surface area (TPSA) is 33.4 Å². The Morgan fingerprint density at radius 2 is 1.83 bits per heavy atom. The highest BCUT2D eigenvalue weighted by Crippen LogP contribution is 2.34. The van der Waals surface area contributed by atoms with Crippen molar-refractivity contribution >= 4 is 63.2 Å². The number of aryl methyl sites for hydroxylation is 1. The predicted octanol–water partition coefficient (Wildman–Crippen LogP) is 7.19. The number of hydrogen-bond acceptors (Lipinski definition) is 4. The molecule has 0 amide bonds. The lowest BCUT2D eigenvalue weighted by atomic mass is 10.2. The smallest absolute Gasteiger partial charge is 0.171 e. The van der Waals surface area contributed by atoms with Crippen molar-refractivity contribution in [3.63, 3.8) is 0 Å². The van der Waals surface area contributed by atoms with E-state index in [2.05, 4.69) is 21.4 Å². The van der Waals surface area contributed by atoms with E-state index in [4.69, 9.17) is 39.8 Å². The lowest BCUT2D eigenvalue weighted by Crippen LogP contribution is -2.31. The Morgan fingerprint density at radius 1 is 1.03 bits per heavy atom. The summed E-state index contributed by atoms with van der Waals surface area (Å²) in [6.07, 6.45) is 2.91. The van der Waals surface area contributed by atoms with Gasteiger partial charge in [-0.2, -0.15) is 0 Å². The van der Waals surface area contributed by atoms with Gasteiger partial charge in [0.15, 0.2) is 11.0 Å². The number of fused-ring (bicyclic) bond motifs is 1. The Hall–Kier alpha value is -1.66. The van der Waals surface area contributed by atoms with Gasteiger partial charge < -0.3 is 9.47 Å². The fourth-order valence-electron chi connectivity index (χ4n) is 3.14. The zero-order valence-electron chi connectivity index (χ0n) is 15.8. The van der Waals surface area contributed by atoms with Crippen molar-refractivity contribution in [3.05, 3.63) is 75.1 Å². The average Bonchev–Trinajstić information content (AvgIpc) is 3.11. The van der Waals surface area contributed by atoms with E-state index in [1.807, 2.05) is 48.8 Å². The third kappa shape index (κ3) is 4.58. The molecule has 3 aromatic rings. The Morgan fingerprint density at radius 3 is 2.55 bits per heavy atom. The molecular weight excluding hydrogens is 447 g/mol. The van der Waals surface area contributed by atoms with Gasteiger partial charge in [0, 0.05) is 23.0 Å². The van der Waals surface area contributed by atoms with E-state index in [1.54, 1.807) is 11.8 Å². The molecule has 4 nitrogen and oxygen atoms in total. The second-order valence-electron chi connectivity index (χ2n) is 6.70. The van der Waals surface area contributed by atoms with Crippen molar-refractivity contribution in [2.75, 3.05) is 4.90 Å². The molecule has 2 aromatic carbocycles. The number of benzene rings is 2. The van der Waals surface area contributed by atoms with E-state index in [0.717, 1.165) is 46.6 Å². The highest BCUT2D eigenvalue weighted by Gasteiger charge is 2.25. The summed E-state index contributed by atoms with van der Waals surface area (Å²) in [4.78, 5) is 11.7. The summed E-state index contributed by atoms with van der Waals surface area (Å²) in [6, 6.07) is 13.5. The monoisotopic (exact) mass is 464 g/mol. The number of rotatable bonds is 5. The molecule has 0 spiro atoms. The normalized spacial score (nSPS) is 13.4. The van der Waals surface area contributed by atoms with Crippen molar-refractivity contribution in [1.82, 2.24) is 9.55 Å². The van der Waals surface area contributed by atoms with Gasteiger partial charge in [0.1, 0.15) is 5.69 Å². The van der Waals surface area contributed by atoms with E-state index < -0.39 is 0 Å². The van der Waals surface area contributed by atoms with Crippen LogP contribution in [-0.4, -0.2) is 14.7 Å². The minimum atomic E-state index is 0.561. The quantitative estimate of drug-likeness (QED) is 0.399. The van der Waals surface area contributed by atoms with Crippen LogP contribution in [0.1, 0.15) is 24.6 Å². The first-order valence-corrected chi connectivity index (χ1v) is 11.4. The van der Waals surface area contributed by atoms with Crippen LogP contribution >= 0.6 is 46.6 Å². The first kappa shape index (κ1) is 20.6. The number of amidine groups is 1. The fourth-order valence-corrected chi connectivity index (χ4v) is 4.54. The molecule has 0 atom stereocenters. The van der Waals surface area contributed by atoms with Crippen molar-refractivity contribution in [2.24, 2.45) is 4.99 Å². The maximum absolute atomic E-state index is 6.18. The minimum absolute atomic E-state index is 0.561. The Balaban J connectivity index is 1.65. The van der Waals surface area contributed by atoms with Gasteiger partial charge in [0.2, 0.25) is 0 Å². The second-order valence-corrected chi connectivity index (χ2v) is 8.90. The van der Waals surface area contributed by atoms with Crippen LogP contribution in [0.15, 0.2) is 53.8 Å². The molecule has 0 saturated carbocycles. The molecule has 0 fully saturated rings. The van der Waals surface area contributed by atoms with E-state index >= 15 is 0 Å². The number of halogens is 3. The van der Waals surface area contributed by atoms with Gasteiger partial charge in [-0.25, -0.2) is 9.98 Å². The van der Waals surface area contributed by atoms with Gasteiger partial charge in [-0.05, 0) is 48.4 Å². The largest absolute Gasteiger partial charge is 0.315 e. The highest BCUT2D eigenvalue weighted by molar-refractivity contribution is 8.13. The fraction of sp³-hybridized carbons (Fsp3) is 0.238. The number of hydrogen-bond donors (Lipinski definition) is 0. The second kappa shape index (κ2) is 9.00. The standard InChI is InChI=1S/C21H19Cl3N4S/c1-2-9-27-13-25-19-11-28(16-6-4-15(22)5-7-16)21(26-20(19)27)29-12-14-3-8-17(23)18(24)10-14/h3-8,10,13H,2,9,11-12H2,1H3. The summed E-state index contributed by atoms with van der Waals surface area (Å²) in [5.41, 5.74) is 3.11. The van der Waals surface area contributed by atoms with Crippen LogP contribution in [-0.2, 0) is 18.8 Å². The lowest BCUT2D eigenvalue weighted by molar-refractivity contribution is 0.680. The van der Waals surface area contributed by atoms with Gasteiger partial charge in [-0.1, -0.05) is 59.6 Å². The van der Waals surface area contributed by atoms with Gasteiger partial charge in [0.05, 0.1) is 22.9 Å².